The monoisotopic (exact) mass is 326 g/mol. The van der Waals surface area contributed by atoms with Crippen molar-refractivity contribution in [3.05, 3.63) is 48.5 Å². The minimum atomic E-state index is -0.0706. The quantitative estimate of drug-likeness (QED) is 0.463. The van der Waals surface area contributed by atoms with Crippen molar-refractivity contribution in [2.75, 3.05) is 22.1 Å². The highest BCUT2D eigenvalue weighted by atomic mass is 16.2. The van der Waals surface area contributed by atoms with E-state index in [1.165, 1.54) is 0 Å². The molecule has 0 bridgehead atoms. The SMILES string of the molecule is Nc1ccc(NC(=O)CCCCC(=O)Nc2ccc(N)cc2)cc1. The van der Waals surface area contributed by atoms with E-state index in [-0.39, 0.29) is 11.8 Å². The molecule has 6 nitrogen and oxygen atoms in total. The maximum absolute atomic E-state index is 11.8. The lowest BCUT2D eigenvalue weighted by Gasteiger charge is -2.07. The van der Waals surface area contributed by atoms with Crippen LogP contribution in [-0.4, -0.2) is 11.8 Å². The van der Waals surface area contributed by atoms with E-state index in [0.29, 0.717) is 37.1 Å². The van der Waals surface area contributed by atoms with Gasteiger partial charge < -0.3 is 22.1 Å². The zero-order valence-corrected chi connectivity index (χ0v) is 13.4. The van der Waals surface area contributed by atoms with Crippen LogP contribution < -0.4 is 22.1 Å². The van der Waals surface area contributed by atoms with Crippen LogP contribution in [0.5, 0.6) is 0 Å². The van der Waals surface area contributed by atoms with Crippen LogP contribution in [0.25, 0.3) is 0 Å². The Hall–Kier alpha value is -3.02. The molecule has 0 radical (unpaired) electrons. The van der Waals surface area contributed by atoms with Crippen molar-refractivity contribution in [2.24, 2.45) is 0 Å². The summed E-state index contributed by atoms with van der Waals surface area (Å²) in [5.74, 6) is -0.141. The van der Waals surface area contributed by atoms with Crippen molar-refractivity contribution in [2.45, 2.75) is 25.7 Å². The fourth-order valence-corrected chi connectivity index (χ4v) is 2.15. The molecule has 6 N–H and O–H groups in total. The molecule has 0 fully saturated rings. The van der Waals surface area contributed by atoms with E-state index in [1.807, 2.05) is 0 Å². The maximum Gasteiger partial charge on any atom is 0.224 e. The van der Waals surface area contributed by atoms with Crippen LogP contribution in [0, 0.1) is 0 Å². The molecular formula is C18H22N4O2. The minimum Gasteiger partial charge on any atom is -0.399 e. The number of carbonyl (C=O) groups excluding carboxylic acids is 2. The molecule has 2 aromatic rings. The molecule has 0 atom stereocenters. The van der Waals surface area contributed by atoms with Gasteiger partial charge >= 0.3 is 0 Å². The number of rotatable bonds is 7. The fraction of sp³-hybridized carbons (Fsp3) is 0.222. The highest BCUT2D eigenvalue weighted by Gasteiger charge is 2.05. The van der Waals surface area contributed by atoms with Crippen molar-refractivity contribution in [3.8, 4) is 0 Å². The summed E-state index contributed by atoms with van der Waals surface area (Å²) in [7, 11) is 0. The van der Waals surface area contributed by atoms with Gasteiger partial charge in [0.2, 0.25) is 11.8 Å². The van der Waals surface area contributed by atoms with E-state index in [0.717, 1.165) is 11.4 Å². The zero-order valence-electron chi connectivity index (χ0n) is 13.4. The first-order chi connectivity index (χ1) is 11.5. The number of anilines is 4. The Morgan fingerprint density at radius 2 is 1.00 bits per heavy atom. The van der Waals surface area contributed by atoms with Crippen LogP contribution in [0.1, 0.15) is 25.7 Å². The summed E-state index contributed by atoms with van der Waals surface area (Å²) >= 11 is 0. The molecule has 0 aliphatic carbocycles. The van der Waals surface area contributed by atoms with Gasteiger partial charge in [0.15, 0.2) is 0 Å². The number of nitrogens with one attached hydrogen (secondary N) is 2. The molecule has 0 aliphatic rings. The Morgan fingerprint density at radius 3 is 1.33 bits per heavy atom. The first kappa shape index (κ1) is 17.3. The molecule has 2 amide bonds. The van der Waals surface area contributed by atoms with Gasteiger partial charge in [-0.25, -0.2) is 0 Å². The van der Waals surface area contributed by atoms with Crippen molar-refractivity contribution in [1.29, 1.82) is 0 Å². The number of hydrogen-bond donors (Lipinski definition) is 4. The van der Waals surface area contributed by atoms with Crippen molar-refractivity contribution < 1.29 is 9.59 Å². The summed E-state index contributed by atoms with van der Waals surface area (Å²) in [6, 6.07) is 14.0. The topological polar surface area (TPSA) is 110 Å². The molecule has 0 aromatic heterocycles. The molecule has 0 spiro atoms. The Bertz CT molecular complexity index is 620. The highest BCUT2D eigenvalue weighted by molar-refractivity contribution is 5.91. The standard InChI is InChI=1S/C18H22N4O2/c19-13-5-9-15(10-6-13)21-17(23)3-1-2-4-18(24)22-16-11-7-14(20)8-12-16/h5-12H,1-4,19-20H2,(H,21,23)(H,22,24). The van der Waals surface area contributed by atoms with Gasteiger partial charge in [0.05, 0.1) is 0 Å². The Balaban J connectivity index is 1.63. The molecule has 0 heterocycles. The molecule has 6 heteroatoms. The molecule has 2 aromatic carbocycles. The normalized spacial score (nSPS) is 10.2. The second kappa shape index (κ2) is 8.57. The summed E-state index contributed by atoms with van der Waals surface area (Å²) < 4.78 is 0. The van der Waals surface area contributed by atoms with Gasteiger partial charge in [0, 0.05) is 35.6 Å². The van der Waals surface area contributed by atoms with E-state index in [2.05, 4.69) is 10.6 Å². The third kappa shape index (κ3) is 6.00. The lowest BCUT2D eigenvalue weighted by molar-refractivity contribution is -0.118. The Morgan fingerprint density at radius 1 is 0.667 bits per heavy atom. The minimum absolute atomic E-state index is 0.0706. The summed E-state index contributed by atoms with van der Waals surface area (Å²) in [5.41, 5.74) is 13.9. The highest BCUT2D eigenvalue weighted by Crippen LogP contribution is 2.13. The predicted molar refractivity (Wildman–Crippen MR) is 97.4 cm³/mol. The molecule has 0 saturated heterocycles. The number of carbonyl (C=O) groups is 2. The summed E-state index contributed by atoms with van der Waals surface area (Å²) in [4.78, 5) is 23.6. The van der Waals surface area contributed by atoms with Gasteiger partial charge in [-0.3, -0.25) is 9.59 Å². The molecule has 24 heavy (non-hydrogen) atoms. The van der Waals surface area contributed by atoms with Crippen LogP contribution in [-0.2, 0) is 9.59 Å². The van der Waals surface area contributed by atoms with Crippen molar-refractivity contribution in [1.82, 2.24) is 0 Å². The average Bonchev–Trinajstić information content (AvgIpc) is 2.56. The number of hydrogen-bond acceptors (Lipinski definition) is 4. The third-order valence-corrected chi connectivity index (χ3v) is 3.45. The lowest BCUT2D eigenvalue weighted by Crippen LogP contribution is -2.13. The van der Waals surface area contributed by atoms with Crippen LogP contribution in [0.3, 0.4) is 0 Å². The summed E-state index contributed by atoms with van der Waals surface area (Å²) in [6.07, 6.45) is 2.05. The van der Waals surface area contributed by atoms with Crippen LogP contribution in [0.2, 0.25) is 0 Å². The number of nitrogen functional groups attached to an aromatic ring is 2. The van der Waals surface area contributed by atoms with Gasteiger partial charge in [-0.15, -0.1) is 0 Å². The second-order valence-corrected chi connectivity index (χ2v) is 5.55. The average molecular weight is 326 g/mol. The first-order valence-electron chi connectivity index (χ1n) is 7.84. The summed E-state index contributed by atoms with van der Waals surface area (Å²) in [5, 5.41) is 5.59. The Kier molecular flexibility index (Phi) is 6.19. The van der Waals surface area contributed by atoms with E-state index < -0.39 is 0 Å². The largest absolute Gasteiger partial charge is 0.399 e. The van der Waals surface area contributed by atoms with Gasteiger partial charge in [-0.1, -0.05) is 0 Å². The number of nitrogens with two attached hydrogens (primary N) is 2. The van der Waals surface area contributed by atoms with Crippen molar-refractivity contribution in [3.63, 3.8) is 0 Å². The molecule has 0 unspecified atom stereocenters. The number of amides is 2. The molecular weight excluding hydrogens is 304 g/mol. The van der Waals surface area contributed by atoms with Gasteiger partial charge in [0.25, 0.3) is 0 Å². The van der Waals surface area contributed by atoms with Crippen LogP contribution >= 0.6 is 0 Å². The fourth-order valence-electron chi connectivity index (χ4n) is 2.15. The summed E-state index contributed by atoms with van der Waals surface area (Å²) in [6.45, 7) is 0. The smallest absolute Gasteiger partial charge is 0.224 e. The lowest BCUT2D eigenvalue weighted by atomic mass is 10.1. The maximum atomic E-state index is 11.8. The zero-order chi connectivity index (χ0) is 17.4. The van der Waals surface area contributed by atoms with E-state index in [1.54, 1.807) is 48.5 Å². The molecule has 2 rings (SSSR count). The second-order valence-electron chi connectivity index (χ2n) is 5.55. The number of unbranched alkanes of at least 4 members (excludes halogenated alkanes) is 1. The molecule has 0 aliphatic heterocycles. The van der Waals surface area contributed by atoms with Gasteiger partial charge in [-0.05, 0) is 61.4 Å². The van der Waals surface area contributed by atoms with Crippen LogP contribution in [0.4, 0.5) is 22.7 Å². The third-order valence-electron chi connectivity index (χ3n) is 3.45. The van der Waals surface area contributed by atoms with Crippen molar-refractivity contribution >= 4 is 34.6 Å². The van der Waals surface area contributed by atoms with E-state index in [4.69, 9.17) is 11.5 Å². The van der Waals surface area contributed by atoms with Crippen LogP contribution in [0.15, 0.2) is 48.5 Å². The van der Waals surface area contributed by atoms with E-state index >= 15 is 0 Å². The Labute approximate surface area is 141 Å². The number of benzene rings is 2. The van der Waals surface area contributed by atoms with E-state index in [9.17, 15) is 9.59 Å². The van der Waals surface area contributed by atoms with Gasteiger partial charge in [0.1, 0.15) is 0 Å². The molecule has 126 valence electrons. The molecule has 0 saturated carbocycles. The predicted octanol–water partition coefficient (Wildman–Crippen LogP) is 2.99. The van der Waals surface area contributed by atoms with Gasteiger partial charge in [-0.2, -0.15) is 0 Å². The first-order valence-corrected chi connectivity index (χ1v) is 7.84.